The second-order valence-corrected chi connectivity index (χ2v) is 20.3. The summed E-state index contributed by atoms with van der Waals surface area (Å²) in [4.78, 5) is 0. The normalized spacial score (nSPS) is 15.2. The Kier molecular flexibility index (Phi) is 25.0. The van der Waals surface area contributed by atoms with Crippen LogP contribution in [-0.2, 0) is 69.5 Å². The van der Waals surface area contributed by atoms with Crippen molar-refractivity contribution >= 4 is 59.1 Å². The average Bonchev–Trinajstić information content (AvgIpc) is 3.38. The van der Waals surface area contributed by atoms with Crippen molar-refractivity contribution in [2.75, 3.05) is 25.3 Å². The summed E-state index contributed by atoms with van der Waals surface area (Å²) >= 11 is 9.53. The molecule has 0 aliphatic heterocycles. The molecule has 76 heavy (non-hydrogen) atoms. The van der Waals surface area contributed by atoms with Gasteiger partial charge in [-0.25, -0.2) is 0 Å². The number of hydrogen-bond acceptors (Lipinski definition) is 0. The van der Waals surface area contributed by atoms with Gasteiger partial charge in [-0.15, -0.1) is 31.1 Å². The standard InChI is InChI=1S/C32H12BF24.C10H15.C3H9P.CH2Cl2.CH3.Ir/c34-25(35,36)13-1-14(26(37,38)39)6-21(5-13)33(22-7-15(27(40,41)42)2-16(8-22)28(43,44)45,23-9-17(29(46,47)48)3-18(10-23)30(49,50)51)24-11-19(31(52,53)54)4-20(12-24)32(55,56)57;1-6-7(2)9(4)10(5)8(6)3;1-4(2)3;2-1-3;;/h1-12H;1-5H3;1-3H3;1H2;1H3;/q-1;;;;-1;+3. The van der Waals surface area contributed by atoms with Gasteiger partial charge in [0, 0.05) is 0 Å². The Balaban J connectivity index is 0.00000253. The number of halogens is 26. The third-order valence-electron chi connectivity index (χ3n) is 11.3. The van der Waals surface area contributed by atoms with Gasteiger partial charge in [-0.1, -0.05) is 83.1 Å². The van der Waals surface area contributed by atoms with Crippen LogP contribution < -0.4 is 21.9 Å². The van der Waals surface area contributed by atoms with Crippen molar-refractivity contribution in [1.29, 1.82) is 0 Å². The Morgan fingerprint density at radius 2 is 0.395 bits per heavy atom. The monoisotopic (exact) mass is 1370 g/mol. The van der Waals surface area contributed by atoms with E-state index in [1.54, 1.807) is 0 Å². The molecule has 1 fully saturated rings. The molecule has 0 atom stereocenters. The number of alkyl halides is 26. The maximum atomic E-state index is 14.2. The largest absolute Gasteiger partial charge is 3.00 e. The molecular formula is C47H41BCl2F24IrP+. The quantitative estimate of drug-likeness (QED) is 0.0628. The maximum Gasteiger partial charge on any atom is 3.00 e. The number of benzene rings is 4. The fourth-order valence-electron chi connectivity index (χ4n) is 7.48. The Bertz CT molecular complexity index is 2020. The van der Waals surface area contributed by atoms with Crippen molar-refractivity contribution < 1.29 is 125 Å². The molecule has 0 unspecified atom stereocenters. The van der Waals surface area contributed by atoms with Gasteiger partial charge in [-0.05, 0) is 73.8 Å². The maximum absolute atomic E-state index is 14.2. The minimum atomic E-state index is -6.13. The van der Waals surface area contributed by atoms with E-state index < -0.39 is 195 Å². The van der Waals surface area contributed by atoms with Crippen LogP contribution in [0.4, 0.5) is 105 Å². The van der Waals surface area contributed by atoms with Gasteiger partial charge in [0.1, 0.15) is 6.15 Å². The first-order valence-electron chi connectivity index (χ1n) is 20.2. The number of hydrogen-bond donors (Lipinski definition) is 0. The van der Waals surface area contributed by atoms with Crippen LogP contribution in [0.3, 0.4) is 0 Å². The van der Waals surface area contributed by atoms with E-state index in [9.17, 15) is 105 Å². The minimum Gasteiger partial charge on any atom is -0.358 e. The predicted molar refractivity (Wildman–Crippen MR) is 242 cm³/mol. The van der Waals surface area contributed by atoms with Crippen molar-refractivity contribution in [3.63, 3.8) is 0 Å². The van der Waals surface area contributed by atoms with Crippen LogP contribution in [0, 0.1) is 37.0 Å². The van der Waals surface area contributed by atoms with Gasteiger partial charge < -0.3 is 7.43 Å². The molecule has 0 heterocycles. The van der Waals surface area contributed by atoms with E-state index in [0.717, 1.165) is 0 Å². The summed E-state index contributed by atoms with van der Waals surface area (Å²) in [5, 5.41) is 0.194. The molecule has 1 saturated carbocycles. The van der Waals surface area contributed by atoms with Gasteiger partial charge in [0.2, 0.25) is 0 Å². The summed E-state index contributed by atoms with van der Waals surface area (Å²) in [5.41, 5.74) is -30.2. The molecular weight excluding hydrogens is 1330 g/mol. The second-order valence-electron chi connectivity index (χ2n) is 16.8. The third-order valence-corrected chi connectivity index (χ3v) is 11.3. The molecule has 0 aromatic heterocycles. The van der Waals surface area contributed by atoms with Crippen molar-refractivity contribution in [2.24, 2.45) is 0 Å². The van der Waals surface area contributed by atoms with E-state index in [4.69, 9.17) is 23.2 Å². The average molecular weight is 1370 g/mol. The van der Waals surface area contributed by atoms with Crippen LogP contribution in [0.2, 0.25) is 0 Å². The fourth-order valence-corrected chi connectivity index (χ4v) is 7.48. The molecule has 0 N–H and O–H groups in total. The molecule has 5 radical (unpaired) electrons. The summed E-state index contributed by atoms with van der Waals surface area (Å²) in [6, 6.07) is -8.81. The smallest absolute Gasteiger partial charge is 0.358 e. The van der Waals surface area contributed by atoms with Crippen molar-refractivity contribution in [1.82, 2.24) is 0 Å². The Labute approximate surface area is 446 Å². The fraction of sp³-hybridized carbons (Fsp3) is 0.362. The van der Waals surface area contributed by atoms with Gasteiger partial charge in [0.25, 0.3) is 0 Å². The first-order valence-corrected chi connectivity index (χ1v) is 24.0. The van der Waals surface area contributed by atoms with Crippen molar-refractivity contribution in [2.45, 2.75) is 84.0 Å². The van der Waals surface area contributed by atoms with Gasteiger partial charge in [0.05, 0.1) is 49.8 Å². The molecule has 4 aromatic rings. The third kappa shape index (κ3) is 18.5. The summed E-state index contributed by atoms with van der Waals surface area (Å²) in [6.45, 7) is 17.7. The van der Waals surface area contributed by atoms with Crippen LogP contribution in [0.1, 0.15) is 79.1 Å². The van der Waals surface area contributed by atoms with Crippen LogP contribution in [0.15, 0.2) is 72.8 Å². The van der Waals surface area contributed by atoms with Crippen LogP contribution >= 0.6 is 31.1 Å². The molecule has 427 valence electrons. The molecule has 0 amide bonds. The van der Waals surface area contributed by atoms with Crippen molar-refractivity contribution in [3.05, 3.63) is 154 Å². The van der Waals surface area contributed by atoms with E-state index in [1.807, 2.05) is 0 Å². The number of rotatable bonds is 4. The molecule has 29 heteroatoms. The molecule has 1 aliphatic rings. The zero-order valence-electron chi connectivity index (χ0n) is 40.3. The van der Waals surface area contributed by atoms with Crippen LogP contribution in [0.25, 0.3) is 0 Å². The predicted octanol–water partition coefficient (Wildman–Crippen LogP) is 17.4. The van der Waals surface area contributed by atoms with E-state index >= 15 is 0 Å². The Morgan fingerprint density at radius 1 is 0.303 bits per heavy atom. The summed E-state index contributed by atoms with van der Waals surface area (Å²) < 4.78 is 341. The Hall–Kier alpha value is -3.08. The molecule has 4 aromatic carbocycles. The summed E-state index contributed by atoms with van der Waals surface area (Å²) in [6.07, 6.45) is -54.8. The van der Waals surface area contributed by atoms with E-state index in [-0.39, 0.29) is 32.9 Å². The summed E-state index contributed by atoms with van der Waals surface area (Å²) in [7, 11) is 0.380. The molecule has 0 saturated heterocycles. The van der Waals surface area contributed by atoms with Gasteiger partial charge in [0.15, 0.2) is 0 Å². The SMILES string of the molecule is CP(C)C.C[C]1[C](C)[C](C)[C](C)[C]1C.ClCCl.FC(F)(F)c1cc([B-](c2cc(C(F)(F)F)cc(C(F)(F)F)c2)(c2cc(C(F)(F)F)cc(C(F)(F)F)c2)c2cc(C(F)(F)F)cc(C(F)(F)F)c2)cc(C(F)(F)F)c1.[CH3-].[Ir+3]. The molecule has 0 nitrogen and oxygen atoms in total. The first kappa shape index (κ1) is 72.9. The zero-order valence-corrected chi connectivity index (χ0v) is 45.1. The van der Waals surface area contributed by atoms with Crippen LogP contribution in [0.5, 0.6) is 0 Å². The van der Waals surface area contributed by atoms with E-state index in [0.29, 0.717) is 7.92 Å². The van der Waals surface area contributed by atoms with Crippen LogP contribution in [-0.4, -0.2) is 31.5 Å². The molecule has 0 spiro atoms. The van der Waals surface area contributed by atoms with Crippen molar-refractivity contribution in [3.8, 4) is 0 Å². The van der Waals surface area contributed by atoms with Gasteiger partial charge >= 0.3 is 69.5 Å². The Morgan fingerprint density at radius 3 is 0.474 bits per heavy atom. The van der Waals surface area contributed by atoms with E-state index in [1.165, 1.54) is 29.6 Å². The van der Waals surface area contributed by atoms with E-state index in [2.05, 4.69) is 54.6 Å². The topological polar surface area (TPSA) is 0 Å². The van der Waals surface area contributed by atoms with Gasteiger partial charge in [-0.2, -0.15) is 127 Å². The summed E-state index contributed by atoms with van der Waals surface area (Å²) in [5.74, 6) is 7.34. The molecule has 5 rings (SSSR count). The molecule has 1 aliphatic carbocycles. The van der Waals surface area contributed by atoms with Gasteiger partial charge in [-0.3, -0.25) is 0 Å². The molecule has 0 bridgehead atoms. The second kappa shape index (κ2) is 26.0. The zero-order chi connectivity index (χ0) is 58.1. The minimum absolute atomic E-state index is 0. The first-order chi connectivity index (χ1) is 33.0.